The van der Waals surface area contributed by atoms with E-state index < -0.39 is 0 Å². The van der Waals surface area contributed by atoms with Crippen LogP contribution in [0.2, 0.25) is 0 Å². The van der Waals surface area contributed by atoms with E-state index in [4.69, 9.17) is 0 Å². The summed E-state index contributed by atoms with van der Waals surface area (Å²) >= 11 is 0. The molecule has 0 bridgehead atoms. The molecule has 0 radical (unpaired) electrons. The first kappa shape index (κ1) is 22.9. The largest absolute Gasteiger partial charge is 0.347 e. The van der Waals surface area contributed by atoms with E-state index in [1.54, 1.807) is 0 Å². The number of hydrogen-bond acceptors (Lipinski definition) is 2. The van der Waals surface area contributed by atoms with Crippen molar-refractivity contribution in [1.29, 1.82) is 0 Å². The van der Waals surface area contributed by atoms with E-state index in [0.29, 0.717) is 11.3 Å². The maximum Gasteiger partial charge on any atom is 0.270 e. The van der Waals surface area contributed by atoms with Crippen molar-refractivity contribution in [3.8, 4) is 0 Å². The van der Waals surface area contributed by atoms with E-state index in [1.807, 2.05) is 4.90 Å². The van der Waals surface area contributed by atoms with Gasteiger partial charge in [-0.05, 0) is 76.0 Å². The summed E-state index contributed by atoms with van der Waals surface area (Å²) in [5, 5.41) is 0. The monoisotopic (exact) mass is 476 g/mol. The highest BCUT2D eigenvalue weighted by molar-refractivity contribution is 5.97. The van der Waals surface area contributed by atoms with Crippen molar-refractivity contribution in [2.45, 2.75) is 104 Å². The first-order chi connectivity index (χ1) is 16.6. The lowest BCUT2D eigenvalue weighted by atomic mass is 9.89. The molecular weight excluding hydrogens is 436 g/mol. The van der Waals surface area contributed by atoms with Crippen molar-refractivity contribution in [2.75, 3.05) is 13.1 Å². The molecule has 188 valence electrons. The summed E-state index contributed by atoms with van der Waals surface area (Å²) in [7, 11) is 0. The molecule has 2 amide bonds. The summed E-state index contributed by atoms with van der Waals surface area (Å²) < 4.78 is 4.75. The number of carbonyl (C=O) groups is 2. The zero-order valence-electron chi connectivity index (χ0n) is 22.1. The van der Waals surface area contributed by atoms with Crippen LogP contribution in [0.4, 0.5) is 0 Å². The van der Waals surface area contributed by atoms with Gasteiger partial charge < -0.3 is 18.9 Å². The molecule has 0 spiro atoms. The molecule has 2 atom stereocenters. The van der Waals surface area contributed by atoms with E-state index in [1.165, 1.54) is 22.6 Å². The summed E-state index contributed by atoms with van der Waals surface area (Å²) in [5.74, 6) is 0.791. The number of hydrogen-bond donors (Lipinski definition) is 0. The number of carbonyl (C=O) groups excluding carboxylic acids is 2. The number of aromatic nitrogens is 2. The second kappa shape index (κ2) is 8.01. The van der Waals surface area contributed by atoms with Crippen molar-refractivity contribution in [1.82, 2.24) is 18.9 Å². The van der Waals surface area contributed by atoms with Crippen LogP contribution in [0.25, 0.3) is 0 Å². The Balaban J connectivity index is 1.21. The van der Waals surface area contributed by atoms with Crippen molar-refractivity contribution in [3.63, 3.8) is 0 Å². The normalized spacial score (nSPS) is 23.9. The lowest BCUT2D eigenvalue weighted by Gasteiger charge is -2.37. The van der Waals surface area contributed by atoms with Gasteiger partial charge >= 0.3 is 0 Å². The minimum absolute atomic E-state index is 0.184. The standard InChI is InChI=1S/C29H40N4O2/c1-18(2)30-10-8-23-22(27(30)34)15-24-20(7-6-9-32(23)24)13-19(3)31-11-12-33-25(28(31)35)14-21-16-29(4,5)17-26(21)33/h14-15,18-20H,6-13,16-17H2,1-5H3. The van der Waals surface area contributed by atoms with Crippen molar-refractivity contribution < 1.29 is 9.59 Å². The second-order valence-corrected chi connectivity index (χ2v) is 12.5. The van der Waals surface area contributed by atoms with Crippen LogP contribution < -0.4 is 0 Å². The van der Waals surface area contributed by atoms with Crippen LogP contribution in [0.5, 0.6) is 0 Å². The highest BCUT2D eigenvalue weighted by atomic mass is 16.2. The SMILES string of the molecule is CC(C)N1CCc2c(cc3n2CCCC3CC(C)N2CCn3c(cc4c3CC(C)(C)C4)C2=O)C1=O. The second-order valence-electron chi connectivity index (χ2n) is 12.5. The van der Waals surface area contributed by atoms with Gasteiger partial charge in [0.05, 0.1) is 5.56 Å². The Bertz CT molecular complexity index is 1200. The van der Waals surface area contributed by atoms with Crippen LogP contribution in [0.1, 0.15) is 103 Å². The summed E-state index contributed by atoms with van der Waals surface area (Å²) in [6.07, 6.45) is 6.34. The quantitative estimate of drug-likeness (QED) is 0.646. The molecular formula is C29H40N4O2. The van der Waals surface area contributed by atoms with E-state index in [9.17, 15) is 9.59 Å². The molecule has 0 aromatic carbocycles. The fourth-order valence-corrected chi connectivity index (χ4v) is 7.41. The van der Waals surface area contributed by atoms with Gasteiger partial charge in [0.15, 0.2) is 0 Å². The first-order valence-electron chi connectivity index (χ1n) is 13.7. The molecule has 1 aliphatic carbocycles. The summed E-state index contributed by atoms with van der Waals surface area (Å²) in [4.78, 5) is 30.9. The van der Waals surface area contributed by atoms with Crippen LogP contribution in [0, 0.1) is 5.41 Å². The van der Waals surface area contributed by atoms with Gasteiger partial charge in [-0.3, -0.25) is 9.59 Å². The number of rotatable bonds is 4. The molecule has 0 fully saturated rings. The van der Waals surface area contributed by atoms with Crippen molar-refractivity contribution in [2.24, 2.45) is 5.41 Å². The molecule has 3 aliphatic heterocycles. The Hall–Kier alpha value is -2.50. The Morgan fingerprint density at radius 2 is 1.71 bits per heavy atom. The van der Waals surface area contributed by atoms with E-state index in [0.717, 1.165) is 76.0 Å². The Kier molecular flexibility index (Phi) is 5.25. The lowest BCUT2D eigenvalue weighted by molar-refractivity contribution is 0.0611. The van der Waals surface area contributed by atoms with E-state index in [-0.39, 0.29) is 23.9 Å². The minimum Gasteiger partial charge on any atom is -0.347 e. The zero-order chi connectivity index (χ0) is 24.6. The molecule has 2 unspecified atom stereocenters. The average molecular weight is 477 g/mol. The highest BCUT2D eigenvalue weighted by Crippen LogP contribution is 2.40. The van der Waals surface area contributed by atoms with Crippen molar-refractivity contribution in [3.05, 3.63) is 46.0 Å². The van der Waals surface area contributed by atoms with Gasteiger partial charge in [0.25, 0.3) is 11.8 Å². The molecule has 2 aromatic heterocycles. The first-order valence-corrected chi connectivity index (χ1v) is 13.7. The summed E-state index contributed by atoms with van der Waals surface area (Å²) in [6.45, 7) is 14.6. The fraction of sp³-hybridized carbons (Fsp3) is 0.655. The minimum atomic E-state index is 0.184. The summed E-state index contributed by atoms with van der Waals surface area (Å²) in [5.41, 5.74) is 7.45. The predicted octanol–water partition coefficient (Wildman–Crippen LogP) is 4.63. The smallest absolute Gasteiger partial charge is 0.270 e. The molecule has 0 saturated carbocycles. The Morgan fingerprint density at radius 1 is 0.914 bits per heavy atom. The molecule has 0 saturated heterocycles. The third kappa shape index (κ3) is 3.58. The third-order valence-corrected chi connectivity index (χ3v) is 9.11. The van der Waals surface area contributed by atoms with Crippen LogP contribution in [-0.2, 0) is 32.4 Å². The van der Waals surface area contributed by atoms with Crippen LogP contribution in [0.3, 0.4) is 0 Å². The van der Waals surface area contributed by atoms with Gasteiger partial charge in [-0.2, -0.15) is 0 Å². The molecule has 35 heavy (non-hydrogen) atoms. The van der Waals surface area contributed by atoms with Gasteiger partial charge in [-0.1, -0.05) is 13.8 Å². The molecule has 0 N–H and O–H groups in total. The van der Waals surface area contributed by atoms with Gasteiger partial charge in [0, 0.05) is 67.7 Å². The average Bonchev–Trinajstić information content (AvgIpc) is 3.43. The topological polar surface area (TPSA) is 50.5 Å². The molecule has 6 nitrogen and oxygen atoms in total. The van der Waals surface area contributed by atoms with E-state index >= 15 is 0 Å². The third-order valence-electron chi connectivity index (χ3n) is 9.11. The maximum atomic E-state index is 13.6. The number of amides is 2. The van der Waals surface area contributed by atoms with E-state index in [2.05, 4.69) is 60.8 Å². The van der Waals surface area contributed by atoms with Gasteiger partial charge in [-0.15, -0.1) is 0 Å². The fourth-order valence-electron chi connectivity index (χ4n) is 7.41. The van der Waals surface area contributed by atoms with Gasteiger partial charge in [0.1, 0.15) is 5.69 Å². The highest BCUT2D eigenvalue weighted by Gasteiger charge is 2.39. The molecule has 5 heterocycles. The molecule has 4 aliphatic rings. The number of nitrogens with zero attached hydrogens (tertiary/aromatic N) is 4. The summed E-state index contributed by atoms with van der Waals surface area (Å²) in [6, 6.07) is 4.79. The molecule has 6 heteroatoms. The van der Waals surface area contributed by atoms with Gasteiger partial charge in [0.2, 0.25) is 0 Å². The van der Waals surface area contributed by atoms with Crippen LogP contribution in [0.15, 0.2) is 12.1 Å². The molecule has 6 rings (SSSR count). The maximum absolute atomic E-state index is 13.6. The lowest BCUT2D eigenvalue weighted by Crippen LogP contribution is -2.46. The van der Waals surface area contributed by atoms with Crippen molar-refractivity contribution >= 4 is 11.8 Å². The Labute approximate surface area is 209 Å². The molecule has 2 aromatic rings. The zero-order valence-corrected chi connectivity index (χ0v) is 22.1. The number of fused-ring (bicyclic) bond motifs is 6. The van der Waals surface area contributed by atoms with Crippen LogP contribution >= 0.6 is 0 Å². The van der Waals surface area contributed by atoms with Gasteiger partial charge in [-0.25, -0.2) is 0 Å². The predicted molar refractivity (Wildman–Crippen MR) is 137 cm³/mol. The van der Waals surface area contributed by atoms with Crippen LogP contribution in [-0.4, -0.2) is 55.9 Å². The Morgan fingerprint density at radius 3 is 2.49 bits per heavy atom.